The second-order valence-electron chi connectivity index (χ2n) is 6.42. The predicted octanol–water partition coefficient (Wildman–Crippen LogP) is 2.83. The number of nitrogens with two attached hydrogens (primary N) is 1. The van der Waals surface area contributed by atoms with E-state index >= 15 is 0 Å². The first kappa shape index (κ1) is 17.9. The molecule has 25 heavy (non-hydrogen) atoms. The van der Waals surface area contributed by atoms with Crippen molar-refractivity contribution in [1.29, 1.82) is 0 Å². The highest BCUT2D eigenvalue weighted by Gasteiger charge is 2.22. The number of hydrogen-bond acceptors (Lipinski definition) is 7. The van der Waals surface area contributed by atoms with Crippen LogP contribution in [0.3, 0.4) is 0 Å². The summed E-state index contributed by atoms with van der Waals surface area (Å²) in [6.45, 7) is 4.10. The van der Waals surface area contributed by atoms with Gasteiger partial charge in [-0.3, -0.25) is 9.11 Å². The van der Waals surface area contributed by atoms with Gasteiger partial charge >= 0.3 is 0 Å². The van der Waals surface area contributed by atoms with Gasteiger partial charge in [0.05, 0.1) is 30.7 Å². The van der Waals surface area contributed by atoms with Gasteiger partial charge in [-0.1, -0.05) is 0 Å². The summed E-state index contributed by atoms with van der Waals surface area (Å²) in [4.78, 5) is 11.4. The molecule has 0 aliphatic carbocycles. The van der Waals surface area contributed by atoms with Crippen molar-refractivity contribution in [2.24, 2.45) is 0 Å². The van der Waals surface area contributed by atoms with E-state index in [4.69, 9.17) is 15.5 Å². The van der Waals surface area contributed by atoms with Crippen LogP contribution in [0.4, 0.5) is 11.5 Å². The van der Waals surface area contributed by atoms with Crippen LogP contribution < -0.4 is 10.6 Å². The molecule has 0 radical (unpaired) electrons. The summed E-state index contributed by atoms with van der Waals surface area (Å²) in [5.41, 5.74) is 7.88. The van der Waals surface area contributed by atoms with Crippen molar-refractivity contribution in [2.75, 3.05) is 36.6 Å². The summed E-state index contributed by atoms with van der Waals surface area (Å²) in [6.07, 6.45) is 1.43. The van der Waals surface area contributed by atoms with Crippen LogP contribution in [0, 0.1) is 0 Å². The lowest BCUT2D eigenvalue weighted by atomic mass is 10.2. The van der Waals surface area contributed by atoms with Gasteiger partial charge in [0.2, 0.25) is 0 Å². The molecule has 0 spiro atoms. The van der Waals surface area contributed by atoms with Crippen LogP contribution in [0.2, 0.25) is 0 Å². The maximum Gasteiger partial charge on any atom is 0.161 e. The molecule has 1 aliphatic heterocycles. The van der Waals surface area contributed by atoms with Crippen molar-refractivity contribution >= 4 is 22.1 Å². The highest BCUT2D eigenvalue weighted by Crippen LogP contribution is 2.38. The van der Waals surface area contributed by atoms with Crippen molar-refractivity contribution in [3.05, 3.63) is 36.0 Å². The van der Waals surface area contributed by atoms with E-state index in [2.05, 4.69) is 16.8 Å². The summed E-state index contributed by atoms with van der Waals surface area (Å²) in [5, 5.41) is 0. The van der Waals surface area contributed by atoms with Crippen LogP contribution in [0.15, 0.2) is 30.3 Å². The molecule has 0 bridgehead atoms. The minimum Gasteiger partial charge on any atom is -0.399 e. The fourth-order valence-corrected chi connectivity index (χ4v) is 3.52. The monoisotopic (exact) mass is 364 g/mol. The second-order valence-corrected chi connectivity index (χ2v) is 8.69. The summed E-state index contributed by atoms with van der Waals surface area (Å²) in [6, 6.07) is 9.36. The molecule has 3 rings (SSSR count). The lowest BCUT2D eigenvalue weighted by Gasteiger charge is -2.35. The van der Waals surface area contributed by atoms with Gasteiger partial charge in [0.1, 0.15) is 5.82 Å². The van der Waals surface area contributed by atoms with Crippen molar-refractivity contribution in [3.63, 3.8) is 0 Å². The summed E-state index contributed by atoms with van der Waals surface area (Å²) in [7, 11) is -2.70. The second kappa shape index (κ2) is 7.17. The Bertz CT molecular complexity index is 734. The maximum atomic E-state index is 9.85. The number of rotatable bonds is 4. The molecule has 136 valence electrons. The molecule has 1 atom stereocenters. The number of benzene rings is 1. The third kappa shape index (κ3) is 4.60. The largest absolute Gasteiger partial charge is 0.399 e. The Hall–Kier alpha value is -1.87. The number of nitrogens with zero attached hydrogens (tertiary/aromatic N) is 3. The summed E-state index contributed by atoms with van der Waals surface area (Å²) >= 11 is 0. The highest BCUT2D eigenvalue weighted by atomic mass is 32.3. The fraction of sp³-hybridized carbons (Fsp3) is 0.412. The van der Waals surface area contributed by atoms with Crippen LogP contribution in [-0.4, -0.2) is 51.1 Å². The van der Waals surface area contributed by atoms with E-state index in [1.807, 2.05) is 18.2 Å². The number of aromatic nitrogens is 2. The van der Waals surface area contributed by atoms with Gasteiger partial charge in [0.15, 0.2) is 5.82 Å². The fourth-order valence-electron chi connectivity index (χ4n) is 2.81. The van der Waals surface area contributed by atoms with Gasteiger partial charge in [0, 0.05) is 30.1 Å². The van der Waals surface area contributed by atoms with Gasteiger partial charge in [-0.2, -0.15) is 10.6 Å². The van der Waals surface area contributed by atoms with Gasteiger partial charge in [0.25, 0.3) is 0 Å². The smallest absolute Gasteiger partial charge is 0.161 e. The van der Waals surface area contributed by atoms with E-state index in [9.17, 15) is 9.11 Å². The Morgan fingerprint density at radius 3 is 2.64 bits per heavy atom. The van der Waals surface area contributed by atoms with Gasteiger partial charge in [-0.15, -0.1) is 0 Å². The summed E-state index contributed by atoms with van der Waals surface area (Å²) in [5.74, 6) is 1.43. The Labute approximate surface area is 149 Å². The molecular formula is C17H24N4O3S. The van der Waals surface area contributed by atoms with Gasteiger partial charge < -0.3 is 15.4 Å². The first-order valence-corrected chi connectivity index (χ1v) is 10.2. The van der Waals surface area contributed by atoms with Crippen molar-refractivity contribution in [1.82, 2.24) is 9.97 Å². The number of anilines is 2. The predicted molar refractivity (Wildman–Crippen MR) is 102 cm³/mol. The van der Waals surface area contributed by atoms with Crippen LogP contribution >= 0.6 is 10.6 Å². The Kier molecular flexibility index (Phi) is 5.14. The molecule has 1 aromatic carbocycles. The number of morpholine rings is 1. The molecule has 1 aliphatic rings. The molecule has 0 amide bonds. The molecule has 7 nitrogen and oxygen atoms in total. The highest BCUT2D eigenvalue weighted by molar-refractivity contribution is 8.23. The van der Waals surface area contributed by atoms with E-state index < -0.39 is 10.6 Å². The van der Waals surface area contributed by atoms with Crippen molar-refractivity contribution in [3.8, 4) is 11.4 Å². The zero-order chi connectivity index (χ0) is 18.0. The summed E-state index contributed by atoms with van der Waals surface area (Å²) < 4.78 is 25.2. The van der Waals surface area contributed by atoms with E-state index in [0.29, 0.717) is 30.4 Å². The molecule has 0 unspecified atom stereocenters. The standard InChI is InChI=1S/C17H24N4O3S/c1-12-10-24-8-7-21(12)16-9-15(11-25(2,22)23)19-17(20-16)13-3-5-14(18)6-4-13/h3-6,9,12,22-23H,7-8,10-11,18H2,1-2H3/t12-/m0/s1. The van der Waals surface area contributed by atoms with Crippen LogP contribution in [0.5, 0.6) is 0 Å². The molecular weight excluding hydrogens is 340 g/mol. The lowest BCUT2D eigenvalue weighted by Crippen LogP contribution is -2.44. The van der Waals surface area contributed by atoms with Crippen LogP contribution in [-0.2, 0) is 10.5 Å². The van der Waals surface area contributed by atoms with Gasteiger partial charge in [-0.25, -0.2) is 9.97 Å². The molecule has 1 aromatic heterocycles. The molecule has 4 N–H and O–H groups in total. The lowest BCUT2D eigenvalue weighted by molar-refractivity contribution is 0.0985. The van der Waals surface area contributed by atoms with Crippen LogP contribution in [0.1, 0.15) is 12.6 Å². The zero-order valence-corrected chi connectivity index (χ0v) is 15.2. The van der Waals surface area contributed by atoms with E-state index in [1.165, 1.54) is 6.26 Å². The SMILES string of the molecule is C[C@H]1COCCN1c1cc(CS(C)(O)O)nc(-c2ccc(N)cc2)n1. The third-order valence-electron chi connectivity index (χ3n) is 4.02. The number of hydrogen-bond donors (Lipinski definition) is 3. The molecule has 0 saturated carbocycles. The molecule has 2 heterocycles. The average Bonchev–Trinajstić information content (AvgIpc) is 2.54. The minimum absolute atomic E-state index is 0.100. The van der Waals surface area contributed by atoms with E-state index in [1.54, 1.807) is 12.1 Å². The Morgan fingerprint density at radius 2 is 2.00 bits per heavy atom. The third-order valence-corrected chi connectivity index (χ3v) is 4.86. The topological polar surface area (TPSA) is 105 Å². The average molecular weight is 364 g/mol. The molecule has 1 fully saturated rings. The van der Waals surface area contributed by atoms with Crippen LogP contribution in [0.25, 0.3) is 11.4 Å². The van der Waals surface area contributed by atoms with Crippen molar-refractivity contribution < 1.29 is 13.8 Å². The number of nitrogen functional groups attached to an aromatic ring is 1. The molecule has 1 saturated heterocycles. The van der Waals surface area contributed by atoms with Crippen molar-refractivity contribution in [2.45, 2.75) is 18.7 Å². The van der Waals surface area contributed by atoms with E-state index in [0.717, 1.165) is 17.9 Å². The van der Waals surface area contributed by atoms with E-state index in [-0.39, 0.29) is 11.8 Å². The number of ether oxygens (including phenoxy) is 1. The first-order chi connectivity index (χ1) is 11.8. The molecule has 8 heteroatoms. The zero-order valence-electron chi connectivity index (χ0n) is 14.4. The Morgan fingerprint density at radius 1 is 1.28 bits per heavy atom. The van der Waals surface area contributed by atoms with Gasteiger partial charge in [-0.05, 0) is 31.2 Å². The first-order valence-electron chi connectivity index (χ1n) is 8.11. The normalized spacial score (nSPS) is 19.0. The quantitative estimate of drug-likeness (QED) is 0.717. The minimum atomic E-state index is -2.70. The maximum absolute atomic E-state index is 9.85. The molecule has 2 aromatic rings. The Balaban J connectivity index is 2.03.